The number of carbonyl (C=O) groups is 1. The van der Waals surface area contributed by atoms with Gasteiger partial charge >= 0.3 is 5.97 Å². The molecule has 4 nitrogen and oxygen atoms in total. The summed E-state index contributed by atoms with van der Waals surface area (Å²) in [4.78, 5) is 12.0. The van der Waals surface area contributed by atoms with E-state index in [1.165, 1.54) is 0 Å². The smallest absolute Gasteiger partial charge is 0.338 e. The molecule has 2 unspecified atom stereocenters. The van der Waals surface area contributed by atoms with Crippen molar-refractivity contribution in [3.63, 3.8) is 0 Å². The van der Waals surface area contributed by atoms with Crippen molar-refractivity contribution >= 4 is 5.97 Å². The maximum absolute atomic E-state index is 12.0. The van der Waals surface area contributed by atoms with Gasteiger partial charge in [-0.15, -0.1) is 0 Å². The molecule has 1 aromatic rings. The zero-order valence-electron chi connectivity index (χ0n) is 11.2. The van der Waals surface area contributed by atoms with Gasteiger partial charge in [-0.1, -0.05) is 12.8 Å². The van der Waals surface area contributed by atoms with Crippen molar-refractivity contribution in [2.24, 2.45) is 0 Å². The van der Waals surface area contributed by atoms with Crippen LogP contribution in [-0.4, -0.2) is 30.4 Å². The summed E-state index contributed by atoms with van der Waals surface area (Å²) in [6.45, 7) is 0. The molecule has 0 radical (unpaired) electrons. The second-order valence-corrected chi connectivity index (χ2v) is 4.88. The van der Waals surface area contributed by atoms with Crippen LogP contribution in [-0.2, 0) is 4.74 Å². The lowest BCUT2D eigenvalue weighted by Gasteiger charge is -2.20. The van der Waals surface area contributed by atoms with Crippen LogP contribution >= 0.6 is 0 Å². The Hall–Kier alpha value is -1.55. The lowest BCUT2D eigenvalue weighted by Crippen LogP contribution is -2.30. The van der Waals surface area contributed by atoms with Gasteiger partial charge in [-0.25, -0.2) is 4.79 Å². The fourth-order valence-corrected chi connectivity index (χ4v) is 2.32. The van der Waals surface area contributed by atoms with Crippen molar-refractivity contribution < 1.29 is 19.4 Å². The van der Waals surface area contributed by atoms with E-state index in [4.69, 9.17) is 9.47 Å². The Morgan fingerprint density at radius 3 is 2.53 bits per heavy atom. The Morgan fingerprint density at radius 2 is 1.84 bits per heavy atom. The first-order valence-corrected chi connectivity index (χ1v) is 6.74. The lowest BCUT2D eigenvalue weighted by atomic mass is 10.1. The zero-order chi connectivity index (χ0) is 13.7. The van der Waals surface area contributed by atoms with Gasteiger partial charge in [0.15, 0.2) is 0 Å². The molecule has 2 rings (SSSR count). The predicted octanol–water partition coefficient (Wildman–Crippen LogP) is 2.55. The molecule has 19 heavy (non-hydrogen) atoms. The summed E-state index contributed by atoms with van der Waals surface area (Å²) in [5.74, 6) is 0.319. The van der Waals surface area contributed by atoms with Gasteiger partial charge in [0.1, 0.15) is 11.9 Å². The first-order valence-electron chi connectivity index (χ1n) is 6.74. The number of rotatable bonds is 3. The molecule has 104 valence electrons. The molecular weight excluding hydrogens is 244 g/mol. The molecule has 0 saturated heterocycles. The fraction of sp³-hybridized carbons (Fsp3) is 0.533. The maximum Gasteiger partial charge on any atom is 0.338 e. The van der Waals surface area contributed by atoms with E-state index >= 15 is 0 Å². The molecule has 4 heteroatoms. The van der Waals surface area contributed by atoms with Gasteiger partial charge < -0.3 is 14.6 Å². The standard InChI is InChI=1S/C15H20O4/c1-18-12-9-7-11(8-10-12)15(17)19-14-6-4-2-3-5-13(14)16/h7-10,13-14,16H,2-6H2,1H3. The summed E-state index contributed by atoms with van der Waals surface area (Å²) in [6, 6.07) is 6.79. The summed E-state index contributed by atoms with van der Waals surface area (Å²) in [5.41, 5.74) is 0.484. The highest BCUT2D eigenvalue weighted by Crippen LogP contribution is 2.22. The third-order valence-electron chi connectivity index (χ3n) is 3.50. The van der Waals surface area contributed by atoms with Gasteiger partial charge in [0.2, 0.25) is 0 Å². The van der Waals surface area contributed by atoms with Gasteiger partial charge in [-0.05, 0) is 43.5 Å². The number of carbonyl (C=O) groups excluding carboxylic acids is 1. The molecule has 0 aromatic heterocycles. The van der Waals surface area contributed by atoms with E-state index in [9.17, 15) is 9.90 Å². The molecule has 0 aliphatic heterocycles. The summed E-state index contributed by atoms with van der Waals surface area (Å²) in [5, 5.41) is 9.93. The van der Waals surface area contributed by atoms with E-state index < -0.39 is 6.10 Å². The quantitative estimate of drug-likeness (QED) is 0.673. The van der Waals surface area contributed by atoms with E-state index in [0.29, 0.717) is 17.7 Å². The lowest BCUT2D eigenvalue weighted by molar-refractivity contribution is -0.0206. The second-order valence-electron chi connectivity index (χ2n) is 4.88. The number of hydrogen-bond acceptors (Lipinski definition) is 4. The van der Waals surface area contributed by atoms with Gasteiger partial charge in [-0.3, -0.25) is 0 Å². The number of hydrogen-bond donors (Lipinski definition) is 1. The highest BCUT2D eigenvalue weighted by molar-refractivity contribution is 5.89. The topological polar surface area (TPSA) is 55.8 Å². The van der Waals surface area contributed by atoms with Crippen molar-refractivity contribution in [2.75, 3.05) is 7.11 Å². The molecular formula is C15H20O4. The predicted molar refractivity (Wildman–Crippen MR) is 71.3 cm³/mol. The molecule has 0 amide bonds. The van der Waals surface area contributed by atoms with Crippen molar-refractivity contribution in [3.05, 3.63) is 29.8 Å². The minimum atomic E-state index is -0.537. The average molecular weight is 264 g/mol. The first-order chi connectivity index (χ1) is 9.20. The van der Waals surface area contributed by atoms with E-state index in [-0.39, 0.29) is 12.1 Å². The van der Waals surface area contributed by atoms with Crippen LogP contribution in [0, 0.1) is 0 Å². The largest absolute Gasteiger partial charge is 0.497 e. The SMILES string of the molecule is COc1ccc(C(=O)OC2CCCCCC2O)cc1. The number of esters is 1. The van der Waals surface area contributed by atoms with Gasteiger partial charge in [0.05, 0.1) is 18.8 Å². The molecule has 0 bridgehead atoms. The summed E-state index contributed by atoms with van der Waals surface area (Å²) in [7, 11) is 1.58. The Bertz CT molecular complexity index is 413. The Kier molecular flexibility index (Phi) is 4.80. The summed E-state index contributed by atoms with van der Waals surface area (Å²) < 4.78 is 10.5. The molecule has 1 N–H and O–H groups in total. The number of methoxy groups -OCH3 is 1. The molecule has 1 aliphatic rings. The van der Waals surface area contributed by atoms with E-state index in [1.54, 1.807) is 31.4 Å². The van der Waals surface area contributed by atoms with Crippen LogP contribution < -0.4 is 4.74 Å². The monoisotopic (exact) mass is 264 g/mol. The average Bonchev–Trinajstić information content (AvgIpc) is 2.64. The van der Waals surface area contributed by atoms with Crippen molar-refractivity contribution in [3.8, 4) is 5.75 Å². The minimum Gasteiger partial charge on any atom is -0.497 e. The van der Waals surface area contributed by atoms with Crippen LogP contribution in [0.2, 0.25) is 0 Å². The van der Waals surface area contributed by atoms with Crippen LogP contribution in [0.4, 0.5) is 0 Å². The third-order valence-corrected chi connectivity index (χ3v) is 3.50. The Labute approximate surface area is 113 Å². The van der Waals surface area contributed by atoms with E-state index in [1.807, 2.05) is 0 Å². The highest BCUT2D eigenvalue weighted by Gasteiger charge is 2.25. The first kappa shape index (κ1) is 13.9. The summed E-state index contributed by atoms with van der Waals surface area (Å²) >= 11 is 0. The van der Waals surface area contributed by atoms with E-state index in [2.05, 4.69) is 0 Å². The van der Waals surface area contributed by atoms with E-state index in [0.717, 1.165) is 25.7 Å². The van der Waals surface area contributed by atoms with Crippen LogP contribution in [0.3, 0.4) is 0 Å². The molecule has 0 spiro atoms. The third kappa shape index (κ3) is 3.70. The van der Waals surface area contributed by atoms with Crippen LogP contribution in [0.5, 0.6) is 5.75 Å². The van der Waals surface area contributed by atoms with Crippen LogP contribution in [0.15, 0.2) is 24.3 Å². The molecule has 1 saturated carbocycles. The maximum atomic E-state index is 12.0. The molecule has 1 aromatic carbocycles. The molecule has 1 aliphatic carbocycles. The highest BCUT2D eigenvalue weighted by atomic mass is 16.6. The van der Waals surface area contributed by atoms with Gasteiger partial charge in [0.25, 0.3) is 0 Å². The zero-order valence-corrected chi connectivity index (χ0v) is 11.2. The minimum absolute atomic E-state index is 0.378. The Balaban J connectivity index is 1.98. The number of aliphatic hydroxyl groups excluding tert-OH is 1. The van der Waals surface area contributed by atoms with Gasteiger partial charge in [0, 0.05) is 0 Å². The second kappa shape index (κ2) is 6.57. The van der Waals surface area contributed by atoms with Crippen molar-refractivity contribution in [2.45, 2.75) is 44.3 Å². The number of aliphatic hydroxyl groups is 1. The molecule has 1 fully saturated rings. The number of benzene rings is 1. The van der Waals surface area contributed by atoms with Crippen LogP contribution in [0.1, 0.15) is 42.5 Å². The number of ether oxygens (including phenoxy) is 2. The molecule has 2 atom stereocenters. The van der Waals surface area contributed by atoms with Gasteiger partial charge in [-0.2, -0.15) is 0 Å². The van der Waals surface area contributed by atoms with Crippen LogP contribution in [0.25, 0.3) is 0 Å². The normalized spacial score (nSPS) is 23.5. The fourth-order valence-electron chi connectivity index (χ4n) is 2.32. The Morgan fingerprint density at radius 1 is 1.16 bits per heavy atom. The van der Waals surface area contributed by atoms with Crippen molar-refractivity contribution in [1.29, 1.82) is 0 Å². The molecule has 0 heterocycles. The van der Waals surface area contributed by atoms with Crippen molar-refractivity contribution in [1.82, 2.24) is 0 Å². The summed E-state index contributed by atoms with van der Waals surface area (Å²) in [6.07, 6.45) is 3.62.